The van der Waals surface area contributed by atoms with Crippen molar-refractivity contribution < 1.29 is 4.92 Å². The van der Waals surface area contributed by atoms with E-state index in [1.54, 1.807) is 18.3 Å². The van der Waals surface area contributed by atoms with E-state index in [0.717, 1.165) is 29.1 Å². The van der Waals surface area contributed by atoms with Crippen LogP contribution in [-0.2, 0) is 13.1 Å². The summed E-state index contributed by atoms with van der Waals surface area (Å²) in [4.78, 5) is 19.5. The highest BCUT2D eigenvalue weighted by molar-refractivity contribution is 14.0. The number of aromatic nitrogens is 1. The van der Waals surface area contributed by atoms with Gasteiger partial charge in [0.05, 0.1) is 23.7 Å². The highest BCUT2D eigenvalue weighted by Gasteiger charge is 2.39. The quantitative estimate of drug-likeness (QED) is 0.203. The lowest BCUT2D eigenvalue weighted by atomic mass is 9.95. The summed E-state index contributed by atoms with van der Waals surface area (Å²) in [6, 6.07) is 12.9. The molecule has 0 radical (unpaired) electrons. The molecule has 2 saturated carbocycles. The van der Waals surface area contributed by atoms with Crippen molar-refractivity contribution in [1.82, 2.24) is 15.6 Å². The molecule has 2 N–H and O–H groups in total. The number of aliphatic imine (C=N–C) groups is 1. The number of pyridine rings is 1. The van der Waals surface area contributed by atoms with Crippen LogP contribution in [0.1, 0.15) is 36.9 Å². The summed E-state index contributed by atoms with van der Waals surface area (Å²) in [6.07, 6.45) is 6.99. The van der Waals surface area contributed by atoms with Gasteiger partial charge < -0.3 is 10.6 Å². The number of halogens is 1. The van der Waals surface area contributed by atoms with Gasteiger partial charge in [-0.05, 0) is 48.8 Å². The largest absolute Gasteiger partial charge is 0.353 e. The van der Waals surface area contributed by atoms with Crippen LogP contribution in [-0.4, -0.2) is 21.9 Å². The zero-order chi connectivity index (χ0) is 19.3. The highest BCUT2D eigenvalue weighted by atomic mass is 127. The third-order valence-corrected chi connectivity index (χ3v) is 5.79. The maximum atomic E-state index is 10.8. The first-order chi connectivity index (χ1) is 13.7. The van der Waals surface area contributed by atoms with Gasteiger partial charge in [0.15, 0.2) is 5.96 Å². The number of nitrogens with zero attached hydrogens (tertiary/aromatic N) is 3. The molecule has 0 saturated heterocycles. The maximum absolute atomic E-state index is 10.8. The van der Waals surface area contributed by atoms with Crippen molar-refractivity contribution in [1.29, 1.82) is 0 Å². The first-order valence-electron chi connectivity index (χ1n) is 9.85. The Morgan fingerprint density at radius 1 is 1.17 bits per heavy atom. The average molecular weight is 507 g/mol. The summed E-state index contributed by atoms with van der Waals surface area (Å²) in [5.41, 5.74) is 2.00. The maximum Gasteiger partial charge on any atom is 0.269 e. The number of hydrogen-bond acceptors (Lipinski definition) is 4. The van der Waals surface area contributed by atoms with E-state index in [4.69, 9.17) is 4.99 Å². The van der Waals surface area contributed by atoms with Crippen LogP contribution in [0.15, 0.2) is 53.7 Å². The summed E-state index contributed by atoms with van der Waals surface area (Å²) in [5.74, 6) is 2.38. The van der Waals surface area contributed by atoms with Gasteiger partial charge in [-0.3, -0.25) is 15.1 Å². The van der Waals surface area contributed by atoms with E-state index >= 15 is 0 Å². The van der Waals surface area contributed by atoms with Crippen molar-refractivity contribution >= 4 is 35.6 Å². The zero-order valence-corrected chi connectivity index (χ0v) is 18.5. The first-order valence-corrected chi connectivity index (χ1v) is 9.85. The second kappa shape index (κ2) is 10.00. The Morgan fingerprint density at radius 2 is 2.00 bits per heavy atom. The van der Waals surface area contributed by atoms with Gasteiger partial charge in [0.2, 0.25) is 0 Å². The Labute approximate surface area is 187 Å². The lowest BCUT2D eigenvalue weighted by Crippen LogP contribution is -2.45. The minimum Gasteiger partial charge on any atom is -0.353 e. The van der Waals surface area contributed by atoms with Crippen LogP contribution in [0.25, 0.3) is 0 Å². The average Bonchev–Trinajstić information content (AvgIpc) is 3.34. The van der Waals surface area contributed by atoms with Crippen LogP contribution in [0, 0.1) is 22.0 Å². The number of nitro groups is 1. The minimum atomic E-state index is -0.385. The molecule has 0 spiro atoms. The Kier molecular flexibility index (Phi) is 7.40. The van der Waals surface area contributed by atoms with Crippen molar-refractivity contribution in [3.05, 3.63) is 70.0 Å². The Balaban J connectivity index is 0.00000240. The predicted octanol–water partition coefficient (Wildman–Crippen LogP) is 4.03. The van der Waals surface area contributed by atoms with Gasteiger partial charge in [0.25, 0.3) is 5.69 Å². The Hall–Kier alpha value is -2.23. The molecule has 2 aromatic rings. The fraction of sp³-hybridized carbons (Fsp3) is 0.429. The molecule has 0 aliphatic heterocycles. The van der Waals surface area contributed by atoms with Crippen molar-refractivity contribution in [2.75, 3.05) is 0 Å². The fourth-order valence-corrected chi connectivity index (χ4v) is 4.32. The lowest BCUT2D eigenvalue weighted by molar-refractivity contribution is -0.384. The lowest BCUT2D eigenvalue weighted by Gasteiger charge is -2.25. The zero-order valence-electron chi connectivity index (χ0n) is 16.2. The third kappa shape index (κ3) is 5.65. The van der Waals surface area contributed by atoms with Gasteiger partial charge in [-0.1, -0.05) is 24.6 Å². The van der Waals surface area contributed by atoms with Crippen molar-refractivity contribution in [3.8, 4) is 0 Å². The number of hydrogen-bond donors (Lipinski definition) is 2. The van der Waals surface area contributed by atoms with Gasteiger partial charge in [-0.2, -0.15) is 0 Å². The summed E-state index contributed by atoms with van der Waals surface area (Å²) < 4.78 is 0. The molecule has 7 nitrogen and oxygen atoms in total. The summed E-state index contributed by atoms with van der Waals surface area (Å²) >= 11 is 0. The Bertz CT molecular complexity index is 844. The van der Waals surface area contributed by atoms with Crippen LogP contribution < -0.4 is 10.6 Å². The van der Waals surface area contributed by atoms with Crippen LogP contribution in [0.2, 0.25) is 0 Å². The van der Waals surface area contributed by atoms with E-state index in [1.807, 2.05) is 18.2 Å². The fourth-order valence-electron chi connectivity index (χ4n) is 4.32. The topological polar surface area (TPSA) is 92.5 Å². The van der Waals surface area contributed by atoms with Crippen molar-refractivity contribution in [3.63, 3.8) is 0 Å². The molecule has 8 heteroatoms. The molecule has 154 valence electrons. The number of fused-ring (bicyclic) bond motifs is 2. The van der Waals surface area contributed by atoms with E-state index in [0.29, 0.717) is 19.1 Å². The smallest absolute Gasteiger partial charge is 0.269 e. The third-order valence-electron chi connectivity index (χ3n) is 5.79. The number of nitro benzene ring substituents is 1. The second-order valence-corrected chi connectivity index (χ2v) is 7.69. The number of non-ortho nitro benzene ring substituents is 1. The molecule has 3 unspecified atom stereocenters. The Morgan fingerprint density at radius 3 is 2.62 bits per heavy atom. The van der Waals surface area contributed by atoms with Crippen molar-refractivity contribution in [2.45, 2.75) is 44.8 Å². The molecule has 3 atom stereocenters. The van der Waals surface area contributed by atoms with Crippen LogP contribution in [0.4, 0.5) is 5.69 Å². The molecule has 4 rings (SSSR count). The molecular formula is C21H26IN5O2. The normalized spacial score (nSPS) is 22.8. The molecule has 1 aromatic heterocycles. The molecule has 2 bridgehead atoms. The number of guanidine groups is 1. The van der Waals surface area contributed by atoms with E-state index in [-0.39, 0.29) is 34.6 Å². The van der Waals surface area contributed by atoms with E-state index in [9.17, 15) is 10.1 Å². The molecule has 1 aromatic carbocycles. The monoisotopic (exact) mass is 507 g/mol. The van der Waals surface area contributed by atoms with Gasteiger partial charge in [0, 0.05) is 24.4 Å². The van der Waals surface area contributed by atoms with Crippen molar-refractivity contribution in [2.24, 2.45) is 16.8 Å². The van der Waals surface area contributed by atoms with Gasteiger partial charge in [-0.25, -0.2) is 4.99 Å². The molecule has 0 amide bonds. The molecule has 2 aliphatic carbocycles. The SMILES string of the molecule is I.O=[N+]([O-])c1ccc(CN=C(NCc2ccccn2)NC2CC3CCC2C3)cc1. The summed E-state index contributed by atoms with van der Waals surface area (Å²) in [5, 5.41) is 17.8. The molecular weight excluding hydrogens is 481 g/mol. The minimum absolute atomic E-state index is 0. The van der Waals surface area contributed by atoms with E-state index < -0.39 is 0 Å². The number of rotatable bonds is 6. The number of nitrogens with one attached hydrogen (secondary N) is 2. The molecule has 2 fully saturated rings. The highest BCUT2D eigenvalue weighted by Crippen LogP contribution is 2.44. The second-order valence-electron chi connectivity index (χ2n) is 7.69. The number of benzene rings is 1. The van der Waals surface area contributed by atoms with Gasteiger partial charge >= 0.3 is 0 Å². The first kappa shape index (κ1) is 21.5. The predicted molar refractivity (Wildman–Crippen MR) is 123 cm³/mol. The van der Waals surface area contributed by atoms with E-state index in [2.05, 4.69) is 15.6 Å². The molecule has 29 heavy (non-hydrogen) atoms. The van der Waals surface area contributed by atoms with E-state index in [1.165, 1.54) is 37.8 Å². The summed E-state index contributed by atoms with van der Waals surface area (Å²) in [6.45, 7) is 1.07. The molecule has 2 aliphatic rings. The summed E-state index contributed by atoms with van der Waals surface area (Å²) in [7, 11) is 0. The van der Waals surface area contributed by atoms with Gasteiger partial charge in [-0.15, -0.1) is 24.0 Å². The molecule has 1 heterocycles. The van der Waals surface area contributed by atoms with Crippen LogP contribution >= 0.6 is 24.0 Å². The van der Waals surface area contributed by atoms with Gasteiger partial charge in [0.1, 0.15) is 0 Å². The standard InChI is InChI=1S/C21H25N5O2.HI/c27-26(28)19-8-5-15(6-9-19)13-23-21(24-14-18-3-1-2-10-22-18)25-20-12-16-4-7-17(20)11-16;/h1-3,5-6,8-10,16-17,20H,4,7,11-14H2,(H2,23,24,25);1H. The van der Waals surface area contributed by atoms with Crippen LogP contribution in [0.5, 0.6) is 0 Å². The van der Waals surface area contributed by atoms with Crippen LogP contribution in [0.3, 0.4) is 0 Å².